The normalized spacial score (nSPS) is 15.0. The molecule has 0 radical (unpaired) electrons. The number of hydrogen-bond donors (Lipinski definition) is 2. The van der Waals surface area contributed by atoms with E-state index in [-0.39, 0.29) is 11.9 Å². The SMILES string of the molecule is COc1ccc(C(C)C(C)NCC(O)c2ccc(F)cc2)cc1. The molecule has 124 valence electrons. The first kappa shape index (κ1) is 17.4. The molecule has 3 atom stereocenters. The third-order valence-corrected chi connectivity index (χ3v) is 4.28. The molecule has 0 heterocycles. The largest absolute Gasteiger partial charge is 0.497 e. The molecular formula is C19H24FNO2. The summed E-state index contributed by atoms with van der Waals surface area (Å²) in [5, 5.41) is 13.5. The van der Waals surface area contributed by atoms with Gasteiger partial charge in [-0.2, -0.15) is 0 Å². The molecule has 0 spiro atoms. The molecule has 0 aromatic heterocycles. The molecule has 0 amide bonds. The Labute approximate surface area is 137 Å². The van der Waals surface area contributed by atoms with Crippen LogP contribution in [0.1, 0.15) is 37.0 Å². The van der Waals surface area contributed by atoms with Crippen LogP contribution in [-0.4, -0.2) is 24.8 Å². The number of rotatable bonds is 7. The second-order valence-corrected chi connectivity index (χ2v) is 5.83. The minimum Gasteiger partial charge on any atom is -0.497 e. The first-order valence-corrected chi connectivity index (χ1v) is 7.82. The van der Waals surface area contributed by atoms with Crippen molar-refractivity contribution in [2.75, 3.05) is 13.7 Å². The van der Waals surface area contributed by atoms with E-state index in [9.17, 15) is 9.50 Å². The zero-order valence-electron chi connectivity index (χ0n) is 13.8. The fourth-order valence-electron chi connectivity index (χ4n) is 2.47. The van der Waals surface area contributed by atoms with Crippen LogP contribution in [0.3, 0.4) is 0 Å². The van der Waals surface area contributed by atoms with E-state index >= 15 is 0 Å². The summed E-state index contributed by atoms with van der Waals surface area (Å²) in [4.78, 5) is 0. The molecule has 2 aromatic carbocycles. The maximum Gasteiger partial charge on any atom is 0.123 e. The number of halogens is 1. The molecule has 4 heteroatoms. The molecule has 0 saturated heterocycles. The second-order valence-electron chi connectivity index (χ2n) is 5.83. The molecule has 0 fully saturated rings. The second kappa shape index (κ2) is 8.09. The lowest BCUT2D eigenvalue weighted by molar-refractivity contribution is 0.169. The number of aliphatic hydroxyl groups is 1. The highest BCUT2D eigenvalue weighted by Crippen LogP contribution is 2.22. The Hall–Kier alpha value is -1.91. The van der Waals surface area contributed by atoms with Gasteiger partial charge in [-0.15, -0.1) is 0 Å². The van der Waals surface area contributed by atoms with Crippen LogP contribution < -0.4 is 10.1 Å². The summed E-state index contributed by atoms with van der Waals surface area (Å²) in [6, 6.07) is 14.1. The predicted molar refractivity (Wildman–Crippen MR) is 90.2 cm³/mol. The predicted octanol–water partition coefficient (Wildman–Crippen LogP) is 3.65. The number of methoxy groups -OCH3 is 1. The number of nitrogens with one attached hydrogen (secondary N) is 1. The molecule has 0 bridgehead atoms. The van der Waals surface area contributed by atoms with Crippen LogP contribution in [0.5, 0.6) is 5.75 Å². The molecular weight excluding hydrogens is 293 g/mol. The van der Waals surface area contributed by atoms with E-state index in [2.05, 4.69) is 31.3 Å². The Morgan fingerprint density at radius 2 is 1.57 bits per heavy atom. The van der Waals surface area contributed by atoms with Gasteiger partial charge in [0.05, 0.1) is 13.2 Å². The van der Waals surface area contributed by atoms with E-state index in [1.807, 2.05) is 12.1 Å². The lowest BCUT2D eigenvalue weighted by Crippen LogP contribution is -2.34. The van der Waals surface area contributed by atoms with Crippen molar-refractivity contribution >= 4 is 0 Å². The van der Waals surface area contributed by atoms with Crippen molar-refractivity contribution in [2.45, 2.75) is 31.9 Å². The maximum absolute atomic E-state index is 12.9. The Balaban J connectivity index is 1.89. The topological polar surface area (TPSA) is 41.5 Å². The summed E-state index contributed by atoms with van der Waals surface area (Å²) >= 11 is 0. The smallest absolute Gasteiger partial charge is 0.123 e. The van der Waals surface area contributed by atoms with Crippen molar-refractivity contribution < 1.29 is 14.2 Å². The van der Waals surface area contributed by atoms with Crippen LogP contribution in [-0.2, 0) is 0 Å². The van der Waals surface area contributed by atoms with Crippen LogP contribution in [0.15, 0.2) is 48.5 Å². The van der Waals surface area contributed by atoms with Gasteiger partial charge in [-0.1, -0.05) is 31.2 Å². The third kappa shape index (κ3) is 4.78. The standard InChI is InChI=1S/C19H24FNO2/c1-13(15-6-10-18(23-3)11-7-15)14(2)21-12-19(22)16-4-8-17(20)9-5-16/h4-11,13-14,19,21-22H,12H2,1-3H3. The molecule has 0 aliphatic carbocycles. The zero-order valence-corrected chi connectivity index (χ0v) is 13.8. The molecule has 0 saturated carbocycles. The van der Waals surface area contributed by atoms with Gasteiger partial charge in [-0.3, -0.25) is 0 Å². The summed E-state index contributed by atoms with van der Waals surface area (Å²) in [7, 11) is 1.65. The average Bonchev–Trinajstić information content (AvgIpc) is 2.59. The highest BCUT2D eigenvalue weighted by molar-refractivity contribution is 5.29. The van der Waals surface area contributed by atoms with Crippen molar-refractivity contribution in [3.63, 3.8) is 0 Å². The number of hydrogen-bond acceptors (Lipinski definition) is 3. The van der Waals surface area contributed by atoms with Gasteiger partial charge in [0.2, 0.25) is 0 Å². The average molecular weight is 317 g/mol. The van der Waals surface area contributed by atoms with Crippen LogP contribution in [0.4, 0.5) is 4.39 Å². The monoisotopic (exact) mass is 317 g/mol. The van der Waals surface area contributed by atoms with E-state index in [0.29, 0.717) is 18.0 Å². The summed E-state index contributed by atoms with van der Waals surface area (Å²) < 4.78 is 18.1. The van der Waals surface area contributed by atoms with Gasteiger partial charge >= 0.3 is 0 Å². The van der Waals surface area contributed by atoms with Crippen LogP contribution in [0, 0.1) is 5.82 Å². The molecule has 2 rings (SSSR count). The fraction of sp³-hybridized carbons (Fsp3) is 0.368. The first-order chi connectivity index (χ1) is 11.0. The van der Waals surface area contributed by atoms with Crippen LogP contribution in [0.25, 0.3) is 0 Å². The number of ether oxygens (including phenoxy) is 1. The van der Waals surface area contributed by atoms with Gasteiger partial charge < -0.3 is 15.2 Å². The first-order valence-electron chi connectivity index (χ1n) is 7.82. The number of aliphatic hydroxyl groups excluding tert-OH is 1. The van der Waals surface area contributed by atoms with Gasteiger partial charge in [0, 0.05) is 12.6 Å². The van der Waals surface area contributed by atoms with Crippen molar-refractivity contribution in [1.82, 2.24) is 5.32 Å². The summed E-state index contributed by atoms with van der Waals surface area (Å²) in [5.41, 5.74) is 1.92. The van der Waals surface area contributed by atoms with E-state index in [0.717, 1.165) is 5.75 Å². The molecule has 2 aromatic rings. The van der Waals surface area contributed by atoms with Crippen molar-refractivity contribution in [1.29, 1.82) is 0 Å². The lowest BCUT2D eigenvalue weighted by Gasteiger charge is -2.23. The van der Waals surface area contributed by atoms with Gasteiger partial charge in [0.25, 0.3) is 0 Å². The van der Waals surface area contributed by atoms with Crippen molar-refractivity contribution in [3.8, 4) is 5.75 Å². The fourth-order valence-corrected chi connectivity index (χ4v) is 2.47. The van der Waals surface area contributed by atoms with Crippen LogP contribution in [0.2, 0.25) is 0 Å². The van der Waals surface area contributed by atoms with E-state index < -0.39 is 6.10 Å². The number of benzene rings is 2. The highest BCUT2D eigenvalue weighted by atomic mass is 19.1. The van der Waals surface area contributed by atoms with Gasteiger partial charge in [0.15, 0.2) is 0 Å². The Morgan fingerprint density at radius 3 is 2.13 bits per heavy atom. The Kier molecular flexibility index (Phi) is 6.13. The quantitative estimate of drug-likeness (QED) is 0.819. The van der Waals surface area contributed by atoms with E-state index in [1.165, 1.54) is 17.7 Å². The van der Waals surface area contributed by atoms with Crippen molar-refractivity contribution in [2.24, 2.45) is 0 Å². The summed E-state index contributed by atoms with van der Waals surface area (Å²) in [5.74, 6) is 0.838. The van der Waals surface area contributed by atoms with Gasteiger partial charge in [-0.05, 0) is 48.2 Å². The Morgan fingerprint density at radius 1 is 1.00 bits per heavy atom. The minimum absolute atomic E-state index is 0.193. The highest BCUT2D eigenvalue weighted by Gasteiger charge is 2.16. The Bertz CT molecular complexity index is 598. The third-order valence-electron chi connectivity index (χ3n) is 4.28. The molecule has 0 aliphatic rings. The molecule has 3 unspecified atom stereocenters. The zero-order chi connectivity index (χ0) is 16.8. The van der Waals surface area contributed by atoms with Crippen LogP contribution >= 0.6 is 0 Å². The van der Waals surface area contributed by atoms with Gasteiger partial charge in [-0.25, -0.2) is 4.39 Å². The molecule has 2 N–H and O–H groups in total. The van der Waals surface area contributed by atoms with Gasteiger partial charge in [0.1, 0.15) is 11.6 Å². The molecule has 0 aliphatic heterocycles. The molecule has 23 heavy (non-hydrogen) atoms. The molecule has 3 nitrogen and oxygen atoms in total. The minimum atomic E-state index is -0.652. The van der Waals surface area contributed by atoms with E-state index in [4.69, 9.17) is 4.74 Å². The summed E-state index contributed by atoms with van der Waals surface area (Å²) in [6.07, 6.45) is -0.652. The van der Waals surface area contributed by atoms with Crippen molar-refractivity contribution in [3.05, 3.63) is 65.5 Å². The lowest BCUT2D eigenvalue weighted by atomic mass is 9.94. The maximum atomic E-state index is 12.9. The summed E-state index contributed by atoms with van der Waals surface area (Å²) in [6.45, 7) is 4.66. The van der Waals surface area contributed by atoms with E-state index in [1.54, 1.807) is 19.2 Å².